The molecule has 2 aliphatic rings. The summed E-state index contributed by atoms with van der Waals surface area (Å²) in [5.41, 5.74) is -1.28. The Morgan fingerprint density at radius 2 is 1.81 bits per heavy atom. The van der Waals surface area contributed by atoms with Gasteiger partial charge in [0.2, 0.25) is 0 Å². The molecule has 3 N–H and O–H groups in total. The van der Waals surface area contributed by atoms with E-state index >= 15 is 8.78 Å². The zero-order valence-electron chi connectivity index (χ0n) is 22.8. The van der Waals surface area contributed by atoms with Crippen LogP contribution >= 0.6 is 23.2 Å². The maximum absolute atomic E-state index is 15.5. The zero-order chi connectivity index (χ0) is 32.3. The van der Waals surface area contributed by atoms with Crippen molar-refractivity contribution in [1.82, 2.24) is 5.32 Å². The fourth-order valence-corrected chi connectivity index (χ4v) is 6.05. The number of rotatable bonds is 6. The molecule has 7 nitrogen and oxygen atoms in total. The molecule has 0 saturated carbocycles. The maximum atomic E-state index is 15.5. The summed E-state index contributed by atoms with van der Waals surface area (Å²) in [6.07, 6.45) is -2.13. The molecular formula is C29H27Cl2F5N2O5. The van der Waals surface area contributed by atoms with Crippen molar-refractivity contribution < 1.29 is 46.5 Å². The smallest absolute Gasteiger partial charge is 0.480 e. The van der Waals surface area contributed by atoms with Crippen molar-refractivity contribution in [2.24, 2.45) is 5.41 Å². The Morgan fingerprint density at radius 3 is 2.33 bits per heavy atom. The van der Waals surface area contributed by atoms with Crippen LogP contribution in [0.15, 0.2) is 48.0 Å². The van der Waals surface area contributed by atoms with Gasteiger partial charge in [0.05, 0.1) is 24.3 Å². The molecule has 232 valence electrons. The van der Waals surface area contributed by atoms with Crippen LogP contribution < -0.4 is 5.32 Å². The monoisotopic (exact) mass is 648 g/mol. The largest absolute Gasteiger partial charge is 0.490 e. The summed E-state index contributed by atoms with van der Waals surface area (Å²) in [6, 6.07) is 8.17. The molecular weight excluding hydrogens is 622 g/mol. The number of carboxylic acids is 2. The highest BCUT2D eigenvalue weighted by Gasteiger charge is 2.61. The number of ether oxygens (including phenoxy) is 1. The van der Waals surface area contributed by atoms with E-state index in [-0.39, 0.29) is 27.6 Å². The van der Waals surface area contributed by atoms with Gasteiger partial charge in [0, 0.05) is 22.5 Å². The van der Waals surface area contributed by atoms with Gasteiger partial charge in [-0.05, 0) is 42.0 Å². The third-order valence-corrected chi connectivity index (χ3v) is 8.22. The van der Waals surface area contributed by atoms with Gasteiger partial charge in [-0.1, -0.05) is 66.9 Å². The molecule has 4 atom stereocenters. The van der Waals surface area contributed by atoms with Gasteiger partial charge in [-0.15, -0.1) is 0 Å². The number of nitriles is 1. The van der Waals surface area contributed by atoms with E-state index in [4.69, 9.17) is 37.8 Å². The second-order valence-corrected chi connectivity index (χ2v) is 11.5. The zero-order valence-corrected chi connectivity index (χ0v) is 24.3. The summed E-state index contributed by atoms with van der Waals surface area (Å²) < 4.78 is 68.1. The molecule has 43 heavy (non-hydrogen) atoms. The first-order valence-electron chi connectivity index (χ1n) is 12.8. The third-order valence-electron chi connectivity index (χ3n) is 7.69. The molecule has 2 aromatic carbocycles. The van der Waals surface area contributed by atoms with Crippen molar-refractivity contribution in [1.29, 1.82) is 5.26 Å². The summed E-state index contributed by atoms with van der Waals surface area (Å²) in [7, 11) is 0. The quantitative estimate of drug-likeness (QED) is 0.237. The van der Waals surface area contributed by atoms with Crippen molar-refractivity contribution in [3.8, 4) is 6.07 Å². The molecule has 0 spiro atoms. The average molecular weight is 649 g/mol. The van der Waals surface area contributed by atoms with Crippen LogP contribution in [0.25, 0.3) is 0 Å². The fourth-order valence-electron chi connectivity index (χ4n) is 5.71. The van der Waals surface area contributed by atoms with Gasteiger partial charge in [-0.25, -0.2) is 13.6 Å². The minimum Gasteiger partial charge on any atom is -0.480 e. The molecule has 0 radical (unpaired) electrons. The molecule has 0 unspecified atom stereocenters. The Morgan fingerprint density at radius 1 is 1.16 bits per heavy atom. The van der Waals surface area contributed by atoms with E-state index < -0.39 is 58.6 Å². The minimum atomic E-state index is -5.08. The maximum Gasteiger partial charge on any atom is 0.490 e. The van der Waals surface area contributed by atoms with E-state index in [9.17, 15) is 28.3 Å². The van der Waals surface area contributed by atoms with Crippen LogP contribution in [-0.4, -0.2) is 53.6 Å². The number of hydrogen-bond acceptors (Lipinski definition) is 5. The molecule has 2 aliphatic heterocycles. The first-order valence-corrected chi connectivity index (χ1v) is 13.6. The second-order valence-electron chi connectivity index (χ2n) is 10.7. The standard InChI is InChI=1S/C27H26Cl2F2N2O3.C2HF3O2/c1-26(2,15-8-10-36-11-9-15)13-21-27(14-32,18-7-6-16(28)12-20(18)30)22(24(33-21)25(34)35)17-4-3-5-19(29)23(17)31;3-2(4,5)1(6)7/h3-8,12,21-22,24,33H,9-11,13H2,1-2H3,(H,34,35);(H,6,7)/t21-,22-,24+,27-;/m0./s1. The first-order chi connectivity index (χ1) is 20.0. The van der Waals surface area contributed by atoms with Gasteiger partial charge >= 0.3 is 18.1 Å². The minimum absolute atomic E-state index is 0.0446. The van der Waals surface area contributed by atoms with Gasteiger partial charge < -0.3 is 14.9 Å². The highest BCUT2D eigenvalue weighted by molar-refractivity contribution is 6.31. The van der Waals surface area contributed by atoms with Crippen molar-refractivity contribution in [2.45, 2.75) is 56.3 Å². The first kappa shape index (κ1) is 34.3. The summed E-state index contributed by atoms with van der Waals surface area (Å²) >= 11 is 12.1. The molecule has 2 aromatic rings. The predicted octanol–water partition coefficient (Wildman–Crippen LogP) is 6.64. The molecule has 4 rings (SSSR count). The lowest BCUT2D eigenvalue weighted by Gasteiger charge is -2.39. The Kier molecular flexibility index (Phi) is 10.5. The number of benzene rings is 2. The number of hydrogen-bond donors (Lipinski definition) is 3. The van der Waals surface area contributed by atoms with Crippen LogP contribution in [0.1, 0.15) is 43.7 Å². The van der Waals surface area contributed by atoms with Gasteiger partial charge in [-0.3, -0.25) is 10.1 Å². The van der Waals surface area contributed by atoms with Crippen molar-refractivity contribution in [3.05, 3.63) is 80.9 Å². The molecule has 0 bridgehead atoms. The number of halogens is 7. The number of alkyl halides is 3. The number of nitrogens with zero attached hydrogens (tertiary/aromatic N) is 1. The summed E-state index contributed by atoms with van der Waals surface area (Å²) in [5, 5.41) is 31.1. The Labute approximate surface area is 253 Å². The Hall–Kier alpha value is -3.24. The van der Waals surface area contributed by atoms with Gasteiger partial charge in [0.25, 0.3) is 0 Å². The third kappa shape index (κ3) is 7.12. The SMILES string of the molecule is CC(C)(C[C@@H]1N[C@@H](C(=O)O)[C@H](c2cccc(Cl)c2F)[C@@]1(C#N)c1ccc(Cl)cc1F)C1=CCOCC1.O=C(O)C(F)(F)F. The summed E-state index contributed by atoms with van der Waals surface area (Å²) in [5.74, 6) is -6.92. The van der Waals surface area contributed by atoms with E-state index in [1.54, 1.807) is 0 Å². The topological polar surface area (TPSA) is 120 Å². The average Bonchev–Trinajstić information content (AvgIpc) is 3.24. The number of aliphatic carboxylic acids is 2. The normalized spacial score (nSPS) is 23.9. The van der Waals surface area contributed by atoms with Crippen molar-refractivity contribution in [2.75, 3.05) is 13.2 Å². The Balaban J connectivity index is 0.000000646. The summed E-state index contributed by atoms with van der Waals surface area (Å²) in [6.45, 7) is 5.00. The fraction of sp³-hybridized carbons (Fsp3) is 0.414. The van der Waals surface area contributed by atoms with Gasteiger partial charge in [0.1, 0.15) is 23.1 Å². The predicted molar refractivity (Wildman–Crippen MR) is 147 cm³/mol. The van der Waals surface area contributed by atoms with Crippen molar-refractivity contribution in [3.63, 3.8) is 0 Å². The molecule has 1 saturated heterocycles. The Bertz CT molecular complexity index is 1460. The van der Waals surface area contributed by atoms with Gasteiger partial charge in [0.15, 0.2) is 0 Å². The number of nitrogens with one attached hydrogen (secondary N) is 1. The van der Waals surface area contributed by atoms with E-state index in [1.807, 2.05) is 19.9 Å². The van der Waals surface area contributed by atoms with E-state index in [1.165, 1.54) is 30.3 Å². The van der Waals surface area contributed by atoms with Crippen LogP contribution in [0.4, 0.5) is 22.0 Å². The van der Waals surface area contributed by atoms with Crippen LogP contribution in [0.2, 0.25) is 10.0 Å². The lowest BCUT2D eigenvalue weighted by Crippen LogP contribution is -2.45. The number of carbonyl (C=O) groups is 2. The molecule has 14 heteroatoms. The van der Waals surface area contributed by atoms with E-state index in [0.717, 1.165) is 11.6 Å². The van der Waals surface area contributed by atoms with Gasteiger partial charge in [-0.2, -0.15) is 18.4 Å². The van der Waals surface area contributed by atoms with Crippen LogP contribution in [0.3, 0.4) is 0 Å². The summed E-state index contributed by atoms with van der Waals surface area (Å²) in [4.78, 5) is 21.4. The number of carboxylic acid groups (broad SMARTS) is 2. The lowest BCUT2D eigenvalue weighted by molar-refractivity contribution is -0.192. The van der Waals surface area contributed by atoms with Crippen LogP contribution in [0, 0.1) is 28.4 Å². The highest BCUT2D eigenvalue weighted by atomic mass is 35.5. The van der Waals surface area contributed by atoms with Crippen LogP contribution in [-0.2, 0) is 19.7 Å². The molecule has 0 aliphatic carbocycles. The van der Waals surface area contributed by atoms with Crippen LogP contribution in [0.5, 0.6) is 0 Å². The van der Waals surface area contributed by atoms with E-state index in [2.05, 4.69) is 11.4 Å². The molecule has 0 aromatic heterocycles. The highest BCUT2D eigenvalue weighted by Crippen LogP contribution is 2.53. The van der Waals surface area contributed by atoms with E-state index in [0.29, 0.717) is 19.6 Å². The molecule has 1 fully saturated rings. The molecule has 2 heterocycles. The van der Waals surface area contributed by atoms with Crippen molar-refractivity contribution >= 4 is 35.1 Å². The lowest BCUT2D eigenvalue weighted by atomic mass is 9.61. The molecule has 0 amide bonds. The second kappa shape index (κ2) is 13.2.